The first-order valence-corrected chi connectivity index (χ1v) is 4.67. The van der Waals surface area contributed by atoms with Gasteiger partial charge in [-0.05, 0) is 18.1 Å². The minimum atomic E-state index is -0.426. The third-order valence-electron chi connectivity index (χ3n) is 2.00. The van der Waals surface area contributed by atoms with Crippen molar-refractivity contribution in [2.75, 3.05) is 0 Å². The number of rotatable bonds is 3. The van der Waals surface area contributed by atoms with Crippen molar-refractivity contribution in [3.8, 4) is 0 Å². The lowest BCUT2D eigenvalue weighted by atomic mass is 10.0. The van der Waals surface area contributed by atoms with Gasteiger partial charge in [-0.2, -0.15) is 5.90 Å². The van der Waals surface area contributed by atoms with Gasteiger partial charge >= 0.3 is 5.97 Å². The van der Waals surface area contributed by atoms with E-state index < -0.39 is 5.97 Å². The van der Waals surface area contributed by atoms with Crippen LogP contribution in [0.5, 0.6) is 0 Å². The molecule has 0 saturated carbocycles. The lowest BCUT2D eigenvalue weighted by Crippen LogP contribution is -2.20. The highest BCUT2D eigenvalue weighted by Gasteiger charge is 2.15. The molecule has 84 valence electrons. The largest absolute Gasteiger partial charge is 0.373 e. The average molecular weight is 250 g/mol. The van der Waals surface area contributed by atoms with Crippen molar-refractivity contribution in [3.05, 3.63) is 34.9 Å². The van der Waals surface area contributed by atoms with Crippen LogP contribution in [0.15, 0.2) is 24.3 Å². The van der Waals surface area contributed by atoms with Gasteiger partial charge in [0.05, 0.1) is 5.92 Å². The van der Waals surface area contributed by atoms with Crippen molar-refractivity contribution < 1.29 is 9.63 Å². The molecule has 2 N–H and O–H groups in total. The summed E-state index contributed by atoms with van der Waals surface area (Å²) in [6.45, 7) is 1.75. The zero-order valence-electron chi connectivity index (χ0n) is 8.27. The third-order valence-corrected chi connectivity index (χ3v) is 2.37. The maximum absolute atomic E-state index is 11.0. The van der Waals surface area contributed by atoms with E-state index in [9.17, 15) is 4.79 Å². The van der Waals surface area contributed by atoms with Crippen molar-refractivity contribution >= 4 is 30.0 Å². The van der Waals surface area contributed by atoms with Crippen molar-refractivity contribution in [1.29, 1.82) is 0 Å². The van der Waals surface area contributed by atoms with E-state index in [2.05, 4.69) is 4.84 Å². The highest BCUT2D eigenvalue weighted by molar-refractivity contribution is 6.31. The summed E-state index contributed by atoms with van der Waals surface area (Å²) in [6.07, 6.45) is 0.537. The van der Waals surface area contributed by atoms with Gasteiger partial charge in [0, 0.05) is 5.02 Å². The van der Waals surface area contributed by atoms with Crippen LogP contribution in [0.4, 0.5) is 0 Å². The van der Waals surface area contributed by atoms with Gasteiger partial charge in [0.1, 0.15) is 0 Å². The molecule has 15 heavy (non-hydrogen) atoms. The molecule has 0 aromatic heterocycles. The van der Waals surface area contributed by atoms with Crippen molar-refractivity contribution in [2.24, 2.45) is 11.8 Å². The Balaban J connectivity index is 0.00000196. The van der Waals surface area contributed by atoms with Gasteiger partial charge in [0.15, 0.2) is 0 Å². The van der Waals surface area contributed by atoms with Crippen LogP contribution >= 0.6 is 24.0 Å². The number of nitrogens with two attached hydrogens (primary N) is 1. The molecule has 0 aliphatic carbocycles. The zero-order valence-corrected chi connectivity index (χ0v) is 9.85. The molecule has 0 bridgehead atoms. The molecule has 1 rings (SSSR count). The second-order valence-corrected chi connectivity index (χ2v) is 3.54. The Labute approximate surface area is 99.9 Å². The van der Waals surface area contributed by atoms with Gasteiger partial charge < -0.3 is 4.84 Å². The lowest BCUT2D eigenvalue weighted by Gasteiger charge is -2.09. The number of benzene rings is 1. The summed E-state index contributed by atoms with van der Waals surface area (Å²) in [6, 6.07) is 7.39. The summed E-state index contributed by atoms with van der Waals surface area (Å²) >= 11 is 5.93. The highest BCUT2D eigenvalue weighted by atomic mass is 35.5. The first-order chi connectivity index (χ1) is 6.65. The summed E-state index contributed by atoms with van der Waals surface area (Å²) < 4.78 is 0. The van der Waals surface area contributed by atoms with Crippen LogP contribution in [0.1, 0.15) is 12.5 Å². The average Bonchev–Trinajstić information content (AvgIpc) is 2.20. The molecule has 0 heterocycles. The summed E-state index contributed by atoms with van der Waals surface area (Å²) in [5, 5.41) is 0.657. The van der Waals surface area contributed by atoms with E-state index in [4.69, 9.17) is 17.5 Å². The Morgan fingerprint density at radius 1 is 1.53 bits per heavy atom. The van der Waals surface area contributed by atoms with E-state index in [1.54, 1.807) is 13.0 Å². The summed E-state index contributed by atoms with van der Waals surface area (Å²) in [7, 11) is 0. The second-order valence-electron chi connectivity index (χ2n) is 3.13. The van der Waals surface area contributed by atoms with Crippen molar-refractivity contribution in [1.82, 2.24) is 0 Å². The lowest BCUT2D eigenvalue weighted by molar-refractivity contribution is -0.148. The zero-order chi connectivity index (χ0) is 10.6. The molecule has 1 unspecified atom stereocenters. The fraction of sp³-hybridized carbons (Fsp3) is 0.300. The van der Waals surface area contributed by atoms with Gasteiger partial charge in [-0.15, -0.1) is 12.4 Å². The summed E-state index contributed by atoms with van der Waals surface area (Å²) in [4.78, 5) is 15.2. The standard InChI is InChI=1S/C10H12ClNO2.ClH/c1-7(10(13)14-12)6-8-4-2-3-5-9(8)11;/h2-5,7H,6,12H2,1H3;1H. The van der Waals surface area contributed by atoms with Crippen LogP contribution in [0.25, 0.3) is 0 Å². The van der Waals surface area contributed by atoms with Crippen LogP contribution in [0.2, 0.25) is 5.02 Å². The monoisotopic (exact) mass is 249 g/mol. The SMILES string of the molecule is CC(Cc1ccccc1Cl)C(=O)ON.Cl. The Morgan fingerprint density at radius 3 is 2.67 bits per heavy atom. The normalized spacial score (nSPS) is 11.4. The third kappa shape index (κ3) is 4.08. The maximum atomic E-state index is 11.0. The van der Waals surface area contributed by atoms with Crippen LogP contribution < -0.4 is 5.90 Å². The molecule has 0 spiro atoms. The molecule has 5 heteroatoms. The van der Waals surface area contributed by atoms with E-state index in [0.29, 0.717) is 11.4 Å². The number of carbonyl (C=O) groups is 1. The van der Waals surface area contributed by atoms with Gasteiger partial charge in [0.2, 0.25) is 0 Å². The minimum absolute atomic E-state index is 0. The number of carbonyl (C=O) groups excluding carboxylic acids is 1. The number of hydrogen-bond acceptors (Lipinski definition) is 3. The Hall–Kier alpha value is -0.770. The van der Waals surface area contributed by atoms with Crippen LogP contribution in [-0.2, 0) is 16.1 Å². The van der Waals surface area contributed by atoms with E-state index in [1.165, 1.54) is 0 Å². The van der Waals surface area contributed by atoms with Crippen molar-refractivity contribution in [3.63, 3.8) is 0 Å². The second kappa shape index (κ2) is 6.67. The van der Waals surface area contributed by atoms with Gasteiger partial charge in [-0.25, -0.2) is 0 Å². The molecule has 1 aromatic rings. The predicted molar refractivity (Wildman–Crippen MR) is 61.8 cm³/mol. The maximum Gasteiger partial charge on any atom is 0.327 e. The molecule has 0 saturated heterocycles. The highest BCUT2D eigenvalue weighted by Crippen LogP contribution is 2.18. The number of halogens is 2. The Kier molecular flexibility index (Phi) is 6.32. The van der Waals surface area contributed by atoms with E-state index >= 15 is 0 Å². The number of hydrogen-bond donors (Lipinski definition) is 1. The molecule has 0 aliphatic heterocycles. The fourth-order valence-corrected chi connectivity index (χ4v) is 1.41. The first kappa shape index (κ1) is 14.2. The quantitative estimate of drug-likeness (QED) is 0.838. The summed E-state index contributed by atoms with van der Waals surface area (Å²) in [5.41, 5.74) is 0.923. The minimum Gasteiger partial charge on any atom is -0.373 e. The molecular formula is C10H13Cl2NO2. The van der Waals surface area contributed by atoms with Gasteiger partial charge in [-0.3, -0.25) is 4.79 Å². The van der Waals surface area contributed by atoms with Crippen LogP contribution in [0.3, 0.4) is 0 Å². The van der Waals surface area contributed by atoms with Crippen LogP contribution in [0, 0.1) is 5.92 Å². The Bertz CT molecular complexity index is 331. The van der Waals surface area contributed by atoms with Gasteiger partial charge in [0.25, 0.3) is 0 Å². The molecule has 1 aromatic carbocycles. The molecule has 0 radical (unpaired) electrons. The van der Waals surface area contributed by atoms with Crippen molar-refractivity contribution in [2.45, 2.75) is 13.3 Å². The molecule has 3 nitrogen and oxygen atoms in total. The molecule has 0 fully saturated rings. The topological polar surface area (TPSA) is 52.3 Å². The molecular weight excluding hydrogens is 237 g/mol. The molecule has 1 atom stereocenters. The van der Waals surface area contributed by atoms with E-state index in [1.807, 2.05) is 18.2 Å². The Morgan fingerprint density at radius 2 is 2.13 bits per heavy atom. The van der Waals surface area contributed by atoms with Crippen LogP contribution in [-0.4, -0.2) is 5.97 Å². The fourth-order valence-electron chi connectivity index (χ4n) is 1.19. The summed E-state index contributed by atoms with van der Waals surface area (Å²) in [5.74, 6) is 4.08. The predicted octanol–water partition coefficient (Wildman–Crippen LogP) is 2.36. The molecule has 0 amide bonds. The van der Waals surface area contributed by atoms with E-state index in [-0.39, 0.29) is 18.3 Å². The van der Waals surface area contributed by atoms with Gasteiger partial charge in [-0.1, -0.05) is 36.7 Å². The smallest absolute Gasteiger partial charge is 0.327 e. The molecule has 0 aliphatic rings. The first-order valence-electron chi connectivity index (χ1n) is 4.29. The van der Waals surface area contributed by atoms with E-state index in [0.717, 1.165) is 5.56 Å².